The van der Waals surface area contributed by atoms with Gasteiger partial charge in [-0.2, -0.15) is 0 Å². The maximum Gasteiger partial charge on any atom is 0.261 e. The van der Waals surface area contributed by atoms with E-state index in [1.807, 2.05) is 13.0 Å². The molecule has 0 spiro atoms. The lowest BCUT2D eigenvalue weighted by Gasteiger charge is -2.47. The van der Waals surface area contributed by atoms with Gasteiger partial charge in [-0.1, -0.05) is 12.8 Å². The molecular weight excluding hydrogens is 280 g/mol. The van der Waals surface area contributed by atoms with Crippen molar-refractivity contribution in [1.82, 2.24) is 9.88 Å². The third-order valence-corrected chi connectivity index (χ3v) is 5.29. The van der Waals surface area contributed by atoms with Crippen molar-refractivity contribution in [1.29, 1.82) is 0 Å². The monoisotopic (exact) mass is 304 g/mol. The number of hydrogen-bond acceptors (Lipinski definition) is 3. The van der Waals surface area contributed by atoms with E-state index in [4.69, 9.17) is 0 Å². The Bertz CT molecular complexity index is 652. The van der Waals surface area contributed by atoms with Crippen LogP contribution in [0, 0.1) is 19.8 Å². The van der Waals surface area contributed by atoms with E-state index in [1.165, 1.54) is 0 Å². The standard InChI is InChI=1S/C17H24N2O3/c1-11-9-12(2)18-15(20)14(11)16(21)19-8-7-17(22)6-4-3-5-13(17)10-19/h9,13,22H,3-8,10H2,1-2H3,(H,18,20)/t13-,17-/m0/s1. The normalized spacial score (nSPS) is 28.3. The summed E-state index contributed by atoms with van der Waals surface area (Å²) in [6.07, 6.45) is 4.59. The molecule has 2 heterocycles. The number of aryl methyl sites for hydroxylation is 2. The molecule has 2 aliphatic rings. The van der Waals surface area contributed by atoms with Gasteiger partial charge in [0.1, 0.15) is 5.56 Å². The van der Waals surface area contributed by atoms with Crippen LogP contribution < -0.4 is 5.56 Å². The van der Waals surface area contributed by atoms with Gasteiger partial charge < -0.3 is 15.0 Å². The van der Waals surface area contributed by atoms with Crippen molar-refractivity contribution in [2.45, 2.75) is 51.6 Å². The van der Waals surface area contributed by atoms with Crippen LogP contribution in [-0.2, 0) is 0 Å². The van der Waals surface area contributed by atoms with E-state index in [9.17, 15) is 14.7 Å². The molecule has 0 bridgehead atoms. The lowest BCUT2D eigenvalue weighted by atomic mass is 9.71. The van der Waals surface area contributed by atoms with Gasteiger partial charge in [-0.15, -0.1) is 0 Å². The second kappa shape index (κ2) is 5.54. The minimum atomic E-state index is -0.607. The zero-order valence-electron chi connectivity index (χ0n) is 13.3. The summed E-state index contributed by atoms with van der Waals surface area (Å²) < 4.78 is 0. The highest BCUT2D eigenvalue weighted by molar-refractivity contribution is 5.95. The molecule has 120 valence electrons. The van der Waals surface area contributed by atoms with E-state index >= 15 is 0 Å². The topological polar surface area (TPSA) is 73.4 Å². The molecule has 1 saturated carbocycles. The SMILES string of the molecule is Cc1cc(C)c(C(=O)N2CC[C@@]3(O)CCCC[C@H]3C2)c(=O)[nH]1. The second-order valence-electron chi connectivity index (χ2n) is 6.89. The first-order valence-corrected chi connectivity index (χ1v) is 8.13. The van der Waals surface area contributed by atoms with Crippen molar-refractivity contribution < 1.29 is 9.90 Å². The number of piperidine rings is 1. The Labute approximate surface area is 130 Å². The van der Waals surface area contributed by atoms with Crippen LogP contribution in [-0.4, -0.2) is 39.6 Å². The number of rotatable bonds is 1. The van der Waals surface area contributed by atoms with Gasteiger partial charge >= 0.3 is 0 Å². The number of amides is 1. The molecule has 1 aliphatic carbocycles. The molecule has 3 rings (SSSR count). The van der Waals surface area contributed by atoms with Crippen LogP contribution in [0.25, 0.3) is 0 Å². The van der Waals surface area contributed by atoms with Crippen LogP contribution in [0.2, 0.25) is 0 Å². The quantitative estimate of drug-likeness (QED) is 0.830. The van der Waals surface area contributed by atoms with Crippen LogP contribution >= 0.6 is 0 Å². The Morgan fingerprint density at radius 1 is 1.36 bits per heavy atom. The smallest absolute Gasteiger partial charge is 0.261 e. The van der Waals surface area contributed by atoms with Gasteiger partial charge in [0.25, 0.3) is 11.5 Å². The average Bonchev–Trinajstić information content (AvgIpc) is 2.45. The Kier molecular flexibility index (Phi) is 3.85. The Balaban J connectivity index is 1.84. The minimum Gasteiger partial charge on any atom is -0.389 e. The lowest BCUT2D eigenvalue weighted by molar-refractivity contribution is -0.0886. The summed E-state index contributed by atoms with van der Waals surface area (Å²) >= 11 is 0. The second-order valence-corrected chi connectivity index (χ2v) is 6.89. The van der Waals surface area contributed by atoms with Crippen molar-refractivity contribution in [3.05, 3.63) is 33.2 Å². The first kappa shape index (κ1) is 15.3. The highest BCUT2D eigenvalue weighted by Gasteiger charge is 2.44. The lowest BCUT2D eigenvalue weighted by Crippen LogP contribution is -2.55. The molecule has 0 unspecified atom stereocenters. The molecule has 2 atom stereocenters. The summed E-state index contributed by atoms with van der Waals surface area (Å²) in [5.41, 5.74) is 0.804. The predicted molar refractivity (Wildman–Crippen MR) is 84.0 cm³/mol. The summed E-state index contributed by atoms with van der Waals surface area (Å²) in [4.78, 5) is 29.4. The van der Waals surface area contributed by atoms with Gasteiger partial charge in [0.05, 0.1) is 5.60 Å². The number of likely N-dealkylation sites (tertiary alicyclic amines) is 1. The molecule has 2 N–H and O–H groups in total. The number of H-pyrrole nitrogens is 1. The van der Waals surface area contributed by atoms with Crippen molar-refractivity contribution in [3.8, 4) is 0 Å². The highest BCUT2D eigenvalue weighted by atomic mass is 16.3. The Hall–Kier alpha value is -1.62. The molecule has 1 amide bonds. The molecule has 2 fully saturated rings. The maximum atomic E-state index is 12.8. The molecule has 5 heteroatoms. The van der Waals surface area contributed by atoms with Gasteiger partial charge in [-0.05, 0) is 44.7 Å². The number of nitrogens with zero attached hydrogens (tertiary/aromatic N) is 1. The van der Waals surface area contributed by atoms with E-state index < -0.39 is 5.60 Å². The number of fused-ring (bicyclic) bond motifs is 1. The van der Waals surface area contributed by atoms with E-state index in [1.54, 1.807) is 11.8 Å². The number of carbonyl (C=O) groups is 1. The van der Waals surface area contributed by atoms with E-state index in [0.29, 0.717) is 19.5 Å². The molecule has 0 aromatic carbocycles. The van der Waals surface area contributed by atoms with Crippen LogP contribution in [0.15, 0.2) is 10.9 Å². The van der Waals surface area contributed by atoms with E-state index in [2.05, 4.69) is 4.98 Å². The number of aliphatic hydroxyl groups is 1. The number of nitrogens with one attached hydrogen (secondary N) is 1. The Morgan fingerprint density at radius 3 is 2.86 bits per heavy atom. The highest BCUT2D eigenvalue weighted by Crippen LogP contribution is 2.39. The van der Waals surface area contributed by atoms with Gasteiger partial charge in [0.15, 0.2) is 0 Å². The molecular formula is C17H24N2O3. The van der Waals surface area contributed by atoms with Gasteiger partial charge in [0.2, 0.25) is 0 Å². The van der Waals surface area contributed by atoms with Crippen molar-refractivity contribution in [3.63, 3.8) is 0 Å². The molecule has 22 heavy (non-hydrogen) atoms. The third kappa shape index (κ3) is 2.58. The fourth-order valence-electron chi connectivity index (χ4n) is 4.03. The number of aromatic nitrogens is 1. The maximum absolute atomic E-state index is 12.8. The minimum absolute atomic E-state index is 0.142. The van der Waals surface area contributed by atoms with Crippen LogP contribution in [0.3, 0.4) is 0 Å². The largest absolute Gasteiger partial charge is 0.389 e. The summed E-state index contributed by atoms with van der Waals surface area (Å²) in [6.45, 7) is 4.70. The van der Waals surface area contributed by atoms with Gasteiger partial charge in [-0.3, -0.25) is 9.59 Å². The first-order valence-electron chi connectivity index (χ1n) is 8.13. The molecule has 1 aliphatic heterocycles. The van der Waals surface area contributed by atoms with Gasteiger partial charge in [-0.25, -0.2) is 0 Å². The number of hydrogen-bond donors (Lipinski definition) is 2. The number of carbonyl (C=O) groups excluding carboxylic acids is 1. The van der Waals surface area contributed by atoms with Crippen molar-refractivity contribution in [2.75, 3.05) is 13.1 Å². The molecule has 1 aromatic rings. The average molecular weight is 304 g/mol. The van der Waals surface area contributed by atoms with Crippen molar-refractivity contribution >= 4 is 5.91 Å². The van der Waals surface area contributed by atoms with Crippen molar-refractivity contribution in [2.24, 2.45) is 5.92 Å². The molecule has 1 aromatic heterocycles. The summed E-state index contributed by atoms with van der Waals surface area (Å²) in [5, 5.41) is 10.7. The fraction of sp³-hybridized carbons (Fsp3) is 0.647. The van der Waals surface area contributed by atoms with Crippen LogP contribution in [0.4, 0.5) is 0 Å². The fourth-order valence-corrected chi connectivity index (χ4v) is 4.03. The summed E-state index contributed by atoms with van der Waals surface area (Å²) in [7, 11) is 0. The molecule has 5 nitrogen and oxygen atoms in total. The Morgan fingerprint density at radius 2 is 2.14 bits per heavy atom. The van der Waals surface area contributed by atoms with Crippen LogP contribution in [0.1, 0.15) is 53.7 Å². The zero-order chi connectivity index (χ0) is 15.9. The first-order chi connectivity index (χ1) is 10.4. The van der Waals surface area contributed by atoms with Crippen LogP contribution in [0.5, 0.6) is 0 Å². The predicted octanol–water partition coefficient (Wildman–Crippen LogP) is 1.76. The third-order valence-electron chi connectivity index (χ3n) is 5.29. The van der Waals surface area contributed by atoms with E-state index in [0.717, 1.165) is 36.9 Å². The summed E-state index contributed by atoms with van der Waals surface area (Å²) in [6, 6.07) is 1.83. The summed E-state index contributed by atoms with van der Waals surface area (Å²) in [5.74, 6) is -0.0600. The van der Waals surface area contributed by atoms with E-state index in [-0.39, 0.29) is 22.9 Å². The number of aromatic amines is 1. The zero-order valence-corrected chi connectivity index (χ0v) is 13.3. The number of pyridine rings is 1. The molecule has 1 saturated heterocycles. The molecule has 0 radical (unpaired) electrons. The van der Waals surface area contributed by atoms with Gasteiger partial charge in [0, 0.05) is 24.7 Å².